The Kier molecular flexibility index (Phi) is 6.67. The predicted octanol–water partition coefficient (Wildman–Crippen LogP) is 4.28. The first-order valence-corrected chi connectivity index (χ1v) is 10.1. The number of hydrogen-bond acceptors (Lipinski definition) is 4. The Morgan fingerprint density at radius 2 is 1.97 bits per heavy atom. The molecule has 8 heteroatoms. The molecule has 2 atom stereocenters. The number of nitrogens with zero attached hydrogens (tertiary/aromatic N) is 1. The minimum Gasteiger partial charge on any atom is -0.496 e. The highest BCUT2D eigenvalue weighted by Gasteiger charge is 2.22. The largest absolute Gasteiger partial charge is 0.496 e. The molecule has 2 N–H and O–H groups in total. The fourth-order valence-corrected chi connectivity index (χ4v) is 3.75. The van der Waals surface area contributed by atoms with E-state index < -0.39 is 17.2 Å². The third-order valence-electron chi connectivity index (χ3n) is 5.63. The van der Waals surface area contributed by atoms with Crippen LogP contribution in [0.4, 0.5) is 4.39 Å². The van der Waals surface area contributed by atoms with Gasteiger partial charge < -0.3 is 19.5 Å². The van der Waals surface area contributed by atoms with E-state index >= 15 is 0 Å². The summed E-state index contributed by atoms with van der Waals surface area (Å²) < 4.78 is 21.6. The van der Waals surface area contributed by atoms with Crippen LogP contribution in [0.25, 0.3) is 10.9 Å². The summed E-state index contributed by atoms with van der Waals surface area (Å²) in [4.78, 5) is 24.6. The number of carboxylic acid groups (broad SMARTS) is 1. The van der Waals surface area contributed by atoms with E-state index in [1.807, 2.05) is 13.8 Å². The van der Waals surface area contributed by atoms with Gasteiger partial charge >= 0.3 is 5.97 Å². The molecule has 0 spiro atoms. The van der Waals surface area contributed by atoms with Crippen LogP contribution >= 0.6 is 11.6 Å². The van der Waals surface area contributed by atoms with E-state index in [0.717, 1.165) is 0 Å². The van der Waals surface area contributed by atoms with Gasteiger partial charge in [0.2, 0.25) is 5.43 Å². The van der Waals surface area contributed by atoms with Crippen molar-refractivity contribution in [3.05, 3.63) is 74.3 Å². The van der Waals surface area contributed by atoms with E-state index in [0.29, 0.717) is 22.4 Å². The molecule has 0 aliphatic heterocycles. The van der Waals surface area contributed by atoms with Gasteiger partial charge in [0.05, 0.1) is 17.6 Å². The smallest absolute Gasteiger partial charge is 0.341 e. The van der Waals surface area contributed by atoms with Crippen molar-refractivity contribution in [2.24, 2.45) is 5.92 Å². The normalized spacial score (nSPS) is 13.2. The summed E-state index contributed by atoms with van der Waals surface area (Å²) in [7, 11) is 1.47. The van der Waals surface area contributed by atoms with Gasteiger partial charge in [-0.05, 0) is 36.1 Å². The Morgan fingerprint density at radius 3 is 2.58 bits per heavy atom. The number of carbonyl (C=O) groups is 1. The fraction of sp³-hybridized carbons (Fsp3) is 0.304. The maximum absolute atomic E-state index is 14.4. The van der Waals surface area contributed by atoms with Crippen LogP contribution < -0.4 is 10.2 Å². The number of methoxy groups -OCH3 is 1. The van der Waals surface area contributed by atoms with Crippen LogP contribution in [-0.2, 0) is 6.42 Å². The first-order chi connectivity index (χ1) is 14.7. The van der Waals surface area contributed by atoms with Crippen molar-refractivity contribution in [2.45, 2.75) is 26.3 Å². The molecule has 3 rings (SSSR count). The van der Waals surface area contributed by atoms with E-state index in [9.17, 15) is 24.2 Å². The number of hydrogen-bond donors (Lipinski definition) is 2. The van der Waals surface area contributed by atoms with E-state index in [1.165, 1.54) is 25.4 Å². The van der Waals surface area contributed by atoms with Crippen LogP contribution in [0.15, 0.2) is 41.3 Å². The van der Waals surface area contributed by atoms with E-state index in [-0.39, 0.29) is 41.0 Å². The summed E-state index contributed by atoms with van der Waals surface area (Å²) in [6.07, 6.45) is 1.39. The second-order valence-corrected chi connectivity index (χ2v) is 7.96. The number of rotatable bonds is 7. The van der Waals surface area contributed by atoms with Gasteiger partial charge in [0.25, 0.3) is 0 Å². The monoisotopic (exact) mass is 447 g/mol. The lowest BCUT2D eigenvalue weighted by molar-refractivity contribution is 0.0694. The molecule has 0 amide bonds. The number of benzene rings is 2. The van der Waals surface area contributed by atoms with Crippen molar-refractivity contribution in [1.29, 1.82) is 0 Å². The van der Waals surface area contributed by atoms with Gasteiger partial charge in [0.15, 0.2) is 0 Å². The molecule has 1 heterocycles. The van der Waals surface area contributed by atoms with Crippen LogP contribution in [-0.4, -0.2) is 34.5 Å². The molecule has 2 aromatic carbocycles. The van der Waals surface area contributed by atoms with Crippen molar-refractivity contribution in [1.82, 2.24) is 4.57 Å². The Bertz CT molecular complexity index is 1210. The van der Waals surface area contributed by atoms with Gasteiger partial charge in [0.1, 0.15) is 17.1 Å². The molecular weight excluding hydrogens is 425 g/mol. The summed E-state index contributed by atoms with van der Waals surface area (Å²) in [5.41, 5.74) is 0.287. The van der Waals surface area contributed by atoms with Gasteiger partial charge in [0, 0.05) is 36.7 Å². The lowest BCUT2D eigenvalue weighted by Crippen LogP contribution is -2.24. The average Bonchev–Trinajstić information content (AvgIpc) is 2.75. The molecule has 0 aliphatic carbocycles. The number of aliphatic hydroxyl groups excluding tert-OH is 1. The zero-order valence-corrected chi connectivity index (χ0v) is 18.1. The van der Waals surface area contributed by atoms with Crippen molar-refractivity contribution in [2.75, 3.05) is 13.7 Å². The molecular formula is C23H23ClFNO5. The van der Waals surface area contributed by atoms with Crippen molar-refractivity contribution in [3.8, 4) is 5.75 Å². The molecule has 6 nitrogen and oxygen atoms in total. The minimum atomic E-state index is -1.34. The molecule has 0 bridgehead atoms. The third kappa shape index (κ3) is 4.29. The number of carboxylic acids is 1. The number of halogens is 2. The van der Waals surface area contributed by atoms with Gasteiger partial charge in [-0.2, -0.15) is 0 Å². The van der Waals surface area contributed by atoms with Crippen molar-refractivity contribution in [3.63, 3.8) is 0 Å². The SMILES string of the molecule is COc1cc2c(cc1Cc1cccc(Cl)c1F)c(=O)c(C(=O)O)cn2[C@@H](C)C(C)CO. The predicted molar refractivity (Wildman–Crippen MR) is 117 cm³/mol. The molecule has 0 saturated carbocycles. The number of fused-ring (bicyclic) bond motifs is 1. The molecule has 0 saturated heterocycles. The summed E-state index contributed by atoms with van der Waals surface area (Å²) in [5, 5.41) is 19.3. The molecule has 3 aromatic rings. The second-order valence-electron chi connectivity index (χ2n) is 7.56. The summed E-state index contributed by atoms with van der Waals surface area (Å²) >= 11 is 5.88. The summed E-state index contributed by atoms with van der Waals surface area (Å²) in [6.45, 7) is 3.54. The molecule has 164 valence electrons. The molecule has 0 radical (unpaired) electrons. The maximum atomic E-state index is 14.4. The minimum absolute atomic E-state index is 0.0143. The number of aliphatic hydroxyl groups is 1. The second kappa shape index (κ2) is 9.08. The first kappa shape index (κ1) is 22.8. The van der Waals surface area contributed by atoms with E-state index in [1.54, 1.807) is 22.8 Å². The highest BCUT2D eigenvalue weighted by molar-refractivity contribution is 6.30. The van der Waals surface area contributed by atoms with Crippen LogP contribution in [0.3, 0.4) is 0 Å². The molecule has 1 aromatic heterocycles. The number of pyridine rings is 1. The van der Waals surface area contributed by atoms with Crippen LogP contribution in [0, 0.1) is 11.7 Å². The highest BCUT2D eigenvalue weighted by Crippen LogP contribution is 2.31. The molecule has 31 heavy (non-hydrogen) atoms. The van der Waals surface area contributed by atoms with E-state index in [2.05, 4.69) is 0 Å². The summed E-state index contributed by atoms with van der Waals surface area (Å²) in [5.74, 6) is -1.68. The lowest BCUT2D eigenvalue weighted by Gasteiger charge is -2.24. The molecule has 0 aliphatic rings. The van der Waals surface area contributed by atoms with Crippen molar-refractivity contribution < 1.29 is 24.1 Å². The number of aromatic carboxylic acids is 1. The first-order valence-electron chi connectivity index (χ1n) is 9.72. The standard InChI is InChI=1S/C23H23ClFNO5/c1-12(11-27)13(2)26-10-17(23(29)30)22(28)16-8-15(20(31-3)9-19(16)26)7-14-5-4-6-18(24)21(14)25/h4-6,8-10,12-13,27H,7,11H2,1-3H3,(H,29,30)/t12?,13-/m0/s1. The van der Waals surface area contributed by atoms with Crippen LogP contribution in [0.5, 0.6) is 5.75 Å². The van der Waals surface area contributed by atoms with Crippen LogP contribution in [0.2, 0.25) is 5.02 Å². The van der Waals surface area contributed by atoms with E-state index in [4.69, 9.17) is 16.3 Å². The maximum Gasteiger partial charge on any atom is 0.341 e. The average molecular weight is 448 g/mol. The molecule has 0 fully saturated rings. The fourth-order valence-electron chi connectivity index (χ4n) is 3.56. The summed E-state index contributed by atoms with van der Waals surface area (Å²) in [6, 6.07) is 7.53. The number of ether oxygens (including phenoxy) is 1. The Balaban J connectivity index is 2.30. The Hall–Kier alpha value is -2.90. The van der Waals surface area contributed by atoms with Gasteiger partial charge in [-0.1, -0.05) is 30.7 Å². The van der Waals surface area contributed by atoms with Gasteiger partial charge in [-0.15, -0.1) is 0 Å². The lowest BCUT2D eigenvalue weighted by atomic mass is 9.98. The van der Waals surface area contributed by atoms with Gasteiger partial charge in [-0.3, -0.25) is 4.79 Å². The zero-order valence-electron chi connectivity index (χ0n) is 17.4. The molecule has 1 unspecified atom stereocenters. The van der Waals surface area contributed by atoms with Crippen LogP contribution in [0.1, 0.15) is 41.4 Å². The Labute approximate surface area is 183 Å². The highest BCUT2D eigenvalue weighted by atomic mass is 35.5. The van der Waals surface area contributed by atoms with Gasteiger partial charge in [-0.25, -0.2) is 9.18 Å². The zero-order chi connectivity index (χ0) is 22.9. The third-order valence-corrected chi connectivity index (χ3v) is 5.92. The van der Waals surface area contributed by atoms with Crippen molar-refractivity contribution >= 4 is 28.5 Å². The Morgan fingerprint density at radius 1 is 1.26 bits per heavy atom. The number of aromatic nitrogens is 1. The quantitative estimate of drug-likeness (QED) is 0.564. The topological polar surface area (TPSA) is 88.8 Å².